The lowest BCUT2D eigenvalue weighted by atomic mass is 10.2. The molecule has 1 aliphatic rings. The van der Waals surface area contributed by atoms with Gasteiger partial charge in [-0.3, -0.25) is 9.78 Å². The Labute approximate surface area is 118 Å². The second-order valence-corrected chi connectivity index (χ2v) is 6.07. The number of thioether (sulfide) groups is 1. The van der Waals surface area contributed by atoms with Crippen molar-refractivity contribution in [1.82, 2.24) is 10.3 Å². The summed E-state index contributed by atoms with van der Waals surface area (Å²) >= 11 is 1.96. The smallest absolute Gasteiger partial charge is 0.269 e. The van der Waals surface area contributed by atoms with Crippen LogP contribution in [-0.2, 0) is 0 Å². The summed E-state index contributed by atoms with van der Waals surface area (Å²) in [4.78, 5) is 16.2. The van der Waals surface area contributed by atoms with Crippen molar-refractivity contribution in [3.63, 3.8) is 0 Å². The molecule has 0 radical (unpaired) electrons. The van der Waals surface area contributed by atoms with Gasteiger partial charge in [0, 0.05) is 30.2 Å². The van der Waals surface area contributed by atoms with Crippen LogP contribution in [0, 0.1) is 0 Å². The van der Waals surface area contributed by atoms with Gasteiger partial charge in [0.2, 0.25) is 0 Å². The third-order valence-corrected chi connectivity index (χ3v) is 4.54. The summed E-state index contributed by atoms with van der Waals surface area (Å²) in [6.07, 6.45) is 5.46. The van der Waals surface area contributed by atoms with Gasteiger partial charge in [0.15, 0.2) is 0 Å². The lowest BCUT2D eigenvalue weighted by Crippen LogP contribution is -2.32. The summed E-state index contributed by atoms with van der Waals surface area (Å²) in [5.41, 5.74) is 1.42. The first-order chi connectivity index (χ1) is 9.29. The normalized spacial score (nSPS) is 18.9. The zero-order chi connectivity index (χ0) is 13.5. The summed E-state index contributed by atoms with van der Waals surface area (Å²) in [6.45, 7) is 3.61. The van der Waals surface area contributed by atoms with Gasteiger partial charge in [0.1, 0.15) is 5.69 Å². The highest BCUT2D eigenvalue weighted by atomic mass is 32.2. The van der Waals surface area contributed by atoms with Crippen molar-refractivity contribution in [3.05, 3.63) is 24.0 Å². The van der Waals surface area contributed by atoms with E-state index in [2.05, 4.69) is 15.6 Å². The lowest BCUT2D eigenvalue weighted by Gasteiger charge is -2.21. The van der Waals surface area contributed by atoms with Gasteiger partial charge >= 0.3 is 0 Å². The maximum Gasteiger partial charge on any atom is 0.269 e. The number of carbonyl (C=O) groups is 1. The summed E-state index contributed by atoms with van der Waals surface area (Å²) in [5, 5.41) is 6.74. The van der Waals surface area contributed by atoms with E-state index in [0.29, 0.717) is 10.9 Å². The molecule has 0 aliphatic carbocycles. The standard InChI is InChI=1S/C14H21N3OS/c1-2-15-11-6-7-16-13(9-11)14(18)17-10-12-5-3-4-8-19-12/h6-7,9,12H,2-5,8,10H2,1H3,(H,15,16)(H,17,18). The maximum atomic E-state index is 12.0. The van der Waals surface area contributed by atoms with E-state index in [1.807, 2.05) is 24.8 Å². The number of anilines is 1. The van der Waals surface area contributed by atoms with E-state index in [4.69, 9.17) is 0 Å². The van der Waals surface area contributed by atoms with Gasteiger partial charge in [-0.15, -0.1) is 0 Å². The zero-order valence-corrected chi connectivity index (χ0v) is 12.1. The summed E-state index contributed by atoms with van der Waals surface area (Å²) in [7, 11) is 0. The molecule has 1 amide bonds. The fraction of sp³-hybridized carbons (Fsp3) is 0.571. The van der Waals surface area contributed by atoms with E-state index in [0.717, 1.165) is 18.8 Å². The van der Waals surface area contributed by atoms with Crippen LogP contribution in [0.4, 0.5) is 5.69 Å². The minimum Gasteiger partial charge on any atom is -0.385 e. The Kier molecular flexibility index (Phi) is 5.51. The molecule has 1 atom stereocenters. The average molecular weight is 279 g/mol. The van der Waals surface area contributed by atoms with Crippen LogP contribution < -0.4 is 10.6 Å². The number of amides is 1. The highest BCUT2D eigenvalue weighted by Crippen LogP contribution is 2.24. The minimum absolute atomic E-state index is 0.0778. The quantitative estimate of drug-likeness (QED) is 0.869. The zero-order valence-electron chi connectivity index (χ0n) is 11.3. The monoisotopic (exact) mass is 279 g/mol. The highest BCUT2D eigenvalue weighted by Gasteiger charge is 2.15. The molecule has 5 heteroatoms. The third-order valence-electron chi connectivity index (χ3n) is 3.14. The molecular weight excluding hydrogens is 258 g/mol. The van der Waals surface area contributed by atoms with Gasteiger partial charge < -0.3 is 10.6 Å². The van der Waals surface area contributed by atoms with Crippen LogP contribution in [0.25, 0.3) is 0 Å². The molecule has 0 saturated carbocycles. The fourth-order valence-electron chi connectivity index (χ4n) is 2.13. The molecule has 4 nitrogen and oxygen atoms in total. The van der Waals surface area contributed by atoms with Crippen LogP contribution in [0.15, 0.2) is 18.3 Å². The number of hydrogen-bond donors (Lipinski definition) is 2. The molecule has 0 bridgehead atoms. The molecule has 1 aromatic heterocycles. The van der Waals surface area contributed by atoms with E-state index in [1.165, 1.54) is 25.0 Å². The summed E-state index contributed by atoms with van der Waals surface area (Å²) in [5.74, 6) is 1.14. The number of hydrogen-bond acceptors (Lipinski definition) is 4. The molecule has 104 valence electrons. The van der Waals surface area contributed by atoms with Crippen molar-refractivity contribution in [2.24, 2.45) is 0 Å². The Bertz CT molecular complexity index is 419. The van der Waals surface area contributed by atoms with Gasteiger partial charge in [-0.05, 0) is 37.7 Å². The molecular formula is C14H21N3OS. The van der Waals surface area contributed by atoms with Crippen molar-refractivity contribution >= 4 is 23.4 Å². The summed E-state index contributed by atoms with van der Waals surface area (Å²) < 4.78 is 0. The van der Waals surface area contributed by atoms with E-state index < -0.39 is 0 Å². The highest BCUT2D eigenvalue weighted by molar-refractivity contribution is 7.99. The van der Waals surface area contributed by atoms with Gasteiger partial charge in [0.05, 0.1) is 0 Å². The Hall–Kier alpha value is -1.23. The first-order valence-electron chi connectivity index (χ1n) is 6.89. The van der Waals surface area contributed by atoms with Crippen LogP contribution >= 0.6 is 11.8 Å². The number of nitrogens with zero attached hydrogens (tertiary/aromatic N) is 1. The average Bonchev–Trinajstić information content (AvgIpc) is 2.46. The van der Waals surface area contributed by atoms with Crippen molar-refractivity contribution in [1.29, 1.82) is 0 Å². The molecule has 2 rings (SSSR count). The molecule has 1 aliphatic heterocycles. The van der Waals surface area contributed by atoms with Crippen molar-refractivity contribution in [2.75, 3.05) is 24.2 Å². The third kappa shape index (κ3) is 4.42. The second kappa shape index (κ2) is 7.38. The van der Waals surface area contributed by atoms with E-state index in [1.54, 1.807) is 12.3 Å². The van der Waals surface area contributed by atoms with Crippen molar-refractivity contribution < 1.29 is 4.79 Å². The summed E-state index contributed by atoms with van der Waals surface area (Å²) in [6, 6.07) is 3.67. The van der Waals surface area contributed by atoms with E-state index in [-0.39, 0.29) is 5.91 Å². The topological polar surface area (TPSA) is 54.0 Å². The molecule has 2 N–H and O–H groups in total. The largest absolute Gasteiger partial charge is 0.385 e. The van der Waals surface area contributed by atoms with Crippen LogP contribution in [0.1, 0.15) is 36.7 Å². The SMILES string of the molecule is CCNc1ccnc(C(=O)NCC2CCCCS2)c1. The lowest BCUT2D eigenvalue weighted by molar-refractivity contribution is 0.0948. The van der Waals surface area contributed by atoms with Gasteiger partial charge in [-0.1, -0.05) is 6.42 Å². The van der Waals surface area contributed by atoms with Crippen molar-refractivity contribution in [2.45, 2.75) is 31.4 Å². The van der Waals surface area contributed by atoms with E-state index >= 15 is 0 Å². The predicted molar refractivity (Wildman–Crippen MR) is 80.8 cm³/mol. The van der Waals surface area contributed by atoms with Gasteiger partial charge in [-0.2, -0.15) is 11.8 Å². The number of carbonyl (C=O) groups excluding carboxylic acids is 1. The first-order valence-corrected chi connectivity index (χ1v) is 7.94. The second-order valence-electron chi connectivity index (χ2n) is 4.66. The van der Waals surface area contributed by atoms with Crippen LogP contribution in [0.2, 0.25) is 0 Å². The first kappa shape index (κ1) is 14.2. The molecule has 1 fully saturated rings. The molecule has 1 aromatic rings. The molecule has 0 aromatic carbocycles. The number of rotatable bonds is 5. The maximum absolute atomic E-state index is 12.0. The molecule has 2 heterocycles. The van der Waals surface area contributed by atoms with Crippen LogP contribution in [-0.4, -0.2) is 35.0 Å². The van der Waals surface area contributed by atoms with Crippen LogP contribution in [0.3, 0.4) is 0 Å². The van der Waals surface area contributed by atoms with Crippen molar-refractivity contribution in [3.8, 4) is 0 Å². The van der Waals surface area contributed by atoms with Crippen LogP contribution in [0.5, 0.6) is 0 Å². The number of nitrogens with one attached hydrogen (secondary N) is 2. The van der Waals surface area contributed by atoms with E-state index in [9.17, 15) is 4.79 Å². The molecule has 0 spiro atoms. The minimum atomic E-state index is -0.0778. The predicted octanol–water partition coefficient (Wildman–Crippen LogP) is 2.53. The number of aromatic nitrogens is 1. The van der Waals surface area contributed by atoms with Gasteiger partial charge in [-0.25, -0.2) is 0 Å². The van der Waals surface area contributed by atoms with Gasteiger partial charge in [0.25, 0.3) is 5.91 Å². The Morgan fingerprint density at radius 2 is 2.42 bits per heavy atom. The molecule has 1 saturated heterocycles. The molecule has 19 heavy (non-hydrogen) atoms. The fourth-order valence-corrected chi connectivity index (χ4v) is 3.37. The Morgan fingerprint density at radius 1 is 1.53 bits per heavy atom. The number of pyridine rings is 1. The Morgan fingerprint density at radius 3 is 3.16 bits per heavy atom. The Balaban J connectivity index is 1.86. The molecule has 1 unspecified atom stereocenters.